The van der Waals surface area contributed by atoms with Crippen LogP contribution in [0, 0.1) is 5.92 Å². The summed E-state index contributed by atoms with van der Waals surface area (Å²) < 4.78 is 38.7. The van der Waals surface area contributed by atoms with Gasteiger partial charge in [0.05, 0.1) is 16.5 Å². The molecule has 1 saturated carbocycles. The number of hydrogen-bond acceptors (Lipinski definition) is 5. The predicted octanol–water partition coefficient (Wildman–Crippen LogP) is 4.75. The van der Waals surface area contributed by atoms with E-state index in [0.717, 1.165) is 5.56 Å². The molecule has 136 valence electrons. The Kier molecular flexibility index (Phi) is 5.22. The van der Waals surface area contributed by atoms with E-state index in [2.05, 4.69) is 15.5 Å². The maximum atomic E-state index is 12.9. The number of nitrogens with one attached hydrogen (secondary N) is 1. The first-order chi connectivity index (χ1) is 11.8. The van der Waals surface area contributed by atoms with Gasteiger partial charge in [0.2, 0.25) is 5.13 Å². The average molecular weight is 392 g/mol. The van der Waals surface area contributed by atoms with Crippen molar-refractivity contribution in [3.8, 4) is 10.6 Å². The summed E-state index contributed by atoms with van der Waals surface area (Å²) in [5.74, 6) is -1.46. The smallest absolute Gasteiger partial charge is 0.388 e. The lowest BCUT2D eigenvalue weighted by atomic mass is 9.77. The molecule has 1 fully saturated rings. The molecule has 0 aliphatic heterocycles. The molecule has 0 bridgehead atoms. The number of rotatable bonds is 4. The van der Waals surface area contributed by atoms with Crippen LogP contribution in [0.25, 0.3) is 10.6 Å². The molecule has 1 aliphatic rings. The minimum absolute atomic E-state index is 0.0106. The molecule has 2 aromatic rings. The Morgan fingerprint density at radius 2 is 2.08 bits per heavy atom. The van der Waals surface area contributed by atoms with Crippen LogP contribution in [0.1, 0.15) is 25.7 Å². The number of halogens is 4. The summed E-state index contributed by atoms with van der Waals surface area (Å²) in [5.41, 5.74) is -0.655. The van der Waals surface area contributed by atoms with Crippen molar-refractivity contribution in [2.24, 2.45) is 5.92 Å². The Labute approximate surface area is 152 Å². The third kappa shape index (κ3) is 4.43. The number of aliphatic hydroxyl groups is 1. The van der Waals surface area contributed by atoms with Gasteiger partial charge in [0, 0.05) is 12.1 Å². The molecule has 1 heterocycles. The van der Waals surface area contributed by atoms with Crippen LogP contribution in [0.3, 0.4) is 0 Å². The topological polar surface area (TPSA) is 58.0 Å². The second kappa shape index (κ2) is 7.09. The number of nitrogens with zero attached hydrogens (tertiary/aromatic N) is 2. The summed E-state index contributed by atoms with van der Waals surface area (Å²) in [6, 6.07) is 7.20. The highest BCUT2D eigenvalue weighted by atomic mass is 35.5. The van der Waals surface area contributed by atoms with Crippen LogP contribution in [0.2, 0.25) is 5.02 Å². The van der Waals surface area contributed by atoms with Crippen molar-refractivity contribution in [3.63, 3.8) is 0 Å². The Bertz CT molecular complexity index is 739. The maximum absolute atomic E-state index is 12.9. The molecule has 0 amide bonds. The van der Waals surface area contributed by atoms with Crippen molar-refractivity contribution in [1.82, 2.24) is 10.2 Å². The first-order valence-corrected chi connectivity index (χ1v) is 9.08. The third-order valence-electron chi connectivity index (χ3n) is 4.38. The van der Waals surface area contributed by atoms with Crippen molar-refractivity contribution >= 4 is 28.1 Å². The summed E-state index contributed by atoms with van der Waals surface area (Å²) in [4.78, 5) is 0. The van der Waals surface area contributed by atoms with Crippen LogP contribution in [-0.2, 0) is 0 Å². The summed E-state index contributed by atoms with van der Waals surface area (Å²) in [6.45, 7) is 0.0106. The lowest BCUT2D eigenvalue weighted by Crippen LogP contribution is -2.45. The number of aromatic nitrogens is 2. The monoisotopic (exact) mass is 391 g/mol. The summed E-state index contributed by atoms with van der Waals surface area (Å²) in [6.07, 6.45) is -3.80. The summed E-state index contributed by atoms with van der Waals surface area (Å²) in [5, 5.41) is 23.1. The Morgan fingerprint density at radius 1 is 1.32 bits per heavy atom. The molecule has 3 rings (SSSR count). The van der Waals surface area contributed by atoms with E-state index < -0.39 is 17.7 Å². The van der Waals surface area contributed by atoms with E-state index in [1.54, 1.807) is 6.07 Å². The maximum Gasteiger partial charge on any atom is 0.391 e. The van der Waals surface area contributed by atoms with Gasteiger partial charge in [-0.05, 0) is 31.7 Å². The molecule has 2 atom stereocenters. The van der Waals surface area contributed by atoms with Gasteiger partial charge in [-0.15, -0.1) is 10.2 Å². The van der Waals surface area contributed by atoms with Crippen LogP contribution in [-0.4, -0.2) is 33.6 Å². The molecule has 2 N–H and O–H groups in total. The first kappa shape index (κ1) is 18.4. The number of anilines is 1. The van der Waals surface area contributed by atoms with E-state index in [1.165, 1.54) is 11.3 Å². The molecular weight excluding hydrogens is 375 g/mol. The van der Waals surface area contributed by atoms with E-state index in [4.69, 9.17) is 11.6 Å². The predicted molar refractivity (Wildman–Crippen MR) is 91.8 cm³/mol. The zero-order valence-electron chi connectivity index (χ0n) is 13.2. The Balaban J connectivity index is 1.65. The molecule has 4 nitrogen and oxygen atoms in total. The largest absolute Gasteiger partial charge is 0.391 e. The van der Waals surface area contributed by atoms with Crippen LogP contribution < -0.4 is 5.32 Å². The van der Waals surface area contributed by atoms with Crippen molar-refractivity contribution in [2.75, 3.05) is 11.9 Å². The molecule has 1 aromatic carbocycles. The lowest BCUT2D eigenvalue weighted by molar-refractivity contribution is -0.199. The minimum Gasteiger partial charge on any atom is -0.388 e. The van der Waals surface area contributed by atoms with Gasteiger partial charge in [0.15, 0.2) is 5.01 Å². The zero-order valence-corrected chi connectivity index (χ0v) is 14.8. The van der Waals surface area contributed by atoms with Crippen molar-refractivity contribution in [1.29, 1.82) is 0 Å². The molecular formula is C16H17ClF3N3OS. The normalized spacial score (nSPS) is 24.3. The number of alkyl halides is 3. The molecule has 1 aromatic heterocycles. The highest BCUT2D eigenvalue weighted by Gasteiger charge is 2.46. The quantitative estimate of drug-likeness (QED) is 0.789. The SMILES string of the molecule is OC1(CNc2nnc(-c3ccccc3Cl)s2)CCCC(C(F)(F)F)C1. The van der Waals surface area contributed by atoms with Crippen LogP contribution in [0.4, 0.5) is 18.3 Å². The molecule has 0 radical (unpaired) electrons. The molecule has 25 heavy (non-hydrogen) atoms. The summed E-state index contributed by atoms with van der Waals surface area (Å²) in [7, 11) is 0. The van der Waals surface area contributed by atoms with Gasteiger partial charge in [-0.2, -0.15) is 13.2 Å². The third-order valence-corrected chi connectivity index (χ3v) is 5.63. The Hall–Kier alpha value is -1.38. The van der Waals surface area contributed by atoms with Crippen LogP contribution in [0.15, 0.2) is 24.3 Å². The van der Waals surface area contributed by atoms with Gasteiger partial charge in [-0.1, -0.05) is 41.1 Å². The summed E-state index contributed by atoms with van der Waals surface area (Å²) >= 11 is 7.36. The molecule has 2 unspecified atom stereocenters. The fraction of sp³-hybridized carbons (Fsp3) is 0.500. The number of hydrogen-bond donors (Lipinski definition) is 2. The van der Waals surface area contributed by atoms with Crippen LogP contribution >= 0.6 is 22.9 Å². The van der Waals surface area contributed by atoms with Gasteiger partial charge in [0.1, 0.15) is 0 Å². The first-order valence-electron chi connectivity index (χ1n) is 7.88. The highest BCUT2D eigenvalue weighted by molar-refractivity contribution is 7.18. The van der Waals surface area contributed by atoms with E-state index >= 15 is 0 Å². The number of benzene rings is 1. The average Bonchev–Trinajstić information content (AvgIpc) is 3.02. The van der Waals surface area contributed by atoms with Gasteiger partial charge < -0.3 is 10.4 Å². The Morgan fingerprint density at radius 3 is 2.80 bits per heavy atom. The lowest BCUT2D eigenvalue weighted by Gasteiger charge is -2.37. The fourth-order valence-electron chi connectivity index (χ4n) is 3.06. The second-order valence-corrected chi connectivity index (χ2v) is 7.69. The van der Waals surface area contributed by atoms with Gasteiger partial charge in [-0.25, -0.2) is 0 Å². The minimum atomic E-state index is -4.27. The highest BCUT2D eigenvalue weighted by Crippen LogP contribution is 2.42. The molecule has 0 spiro atoms. The van der Waals surface area contributed by atoms with Gasteiger partial charge >= 0.3 is 6.18 Å². The van der Waals surface area contributed by atoms with Crippen molar-refractivity contribution in [3.05, 3.63) is 29.3 Å². The van der Waals surface area contributed by atoms with Crippen LogP contribution in [0.5, 0.6) is 0 Å². The van der Waals surface area contributed by atoms with E-state index in [9.17, 15) is 18.3 Å². The molecule has 0 saturated heterocycles. The molecule has 9 heteroatoms. The zero-order chi connectivity index (χ0) is 18.1. The van der Waals surface area contributed by atoms with E-state index in [0.29, 0.717) is 28.0 Å². The second-order valence-electron chi connectivity index (χ2n) is 6.30. The van der Waals surface area contributed by atoms with E-state index in [1.807, 2.05) is 18.2 Å². The van der Waals surface area contributed by atoms with E-state index in [-0.39, 0.29) is 19.4 Å². The van der Waals surface area contributed by atoms with Crippen molar-refractivity contribution in [2.45, 2.75) is 37.5 Å². The van der Waals surface area contributed by atoms with Gasteiger partial charge in [-0.3, -0.25) is 0 Å². The van der Waals surface area contributed by atoms with Gasteiger partial charge in [0.25, 0.3) is 0 Å². The standard InChI is InChI=1S/C16H17ClF3N3OS/c17-12-6-2-1-5-11(12)13-22-23-14(25-13)21-9-15(24)7-3-4-10(8-15)16(18,19)20/h1-2,5-6,10,24H,3-4,7-9H2,(H,21,23). The fourth-order valence-corrected chi connectivity index (χ4v) is 4.12. The van der Waals surface area contributed by atoms with Crippen molar-refractivity contribution < 1.29 is 18.3 Å². The molecule has 1 aliphatic carbocycles.